The first-order chi connectivity index (χ1) is 12.8. The monoisotopic (exact) mass is 504 g/mol. The van der Waals surface area contributed by atoms with Crippen LogP contribution in [0.3, 0.4) is 0 Å². The highest BCUT2D eigenvalue weighted by molar-refractivity contribution is 14.0. The average molecular weight is 505 g/mol. The second kappa shape index (κ2) is 11.3. The van der Waals surface area contributed by atoms with Crippen molar-refractivity contribution in [1.29, 1.82) is 0 Å². The average Bonchev–Trinajstić information content (AvgIpc) is 3.15. The number of halogens is 2. The summed E-state index contributed by atoms with van der Waals surface area (Å²) < 4.78 is 13.3. The molecule has 0 amide bonds. The van der Waals surface area contributed by atoms with E-state index in [4.69, 9.17) is 21.1 Å². The summed E-state index contributed by atoms with van der Waals surface area (Å²) in [6.45, 7) is 6.35. The number of hydrogen-bond donors (Lipinski definition) is 2. The van der Waals surface area contributed by atoms with Gasteiger partial charge in [0, 0.05) is 38.6 Å². The van der Waals surface area contributed by atoms with E-state index < -0.39 is 0 Å². The topological polar surface area (TPSA) is 59.8 Å². The normalized spacial score (nSPS) is 13.0. The molecule has 0 spiro atoms. The third-order valence-corrected chi connectivity index (χ3v) is 4.28. The van der Waals surface area contributed by atoms with Gasteiger partial charge in [-0.2, -0.15) is 0 Å². The molecule has 3 rings (SSSR count). The van der Waals surface area contributed by atoms with Gasteiger partial charge in [0.25, 0.3) is 0 Å². The summed E-state index contributed by atoms with van der Waals surface area (Å²) in [5, 5.41) is 7.22. The molecule has 6 nitrogen and oxygen atoms in total. The van der Waals surface area contributed by atoms with E-state index in [0.29, 0.717) is 30.5 Å². The summed E-state index contributed by atoms with van der Waals surface area (Å²) in [5.74, 6) is 2.19. The molecule has 0 unspecified atom stereocenters. The van der Waals surface area contributed by atoms with Crippen molar-refractivity contribution >= 4 is 41.5 Å². The summed E-state index contributed by atoms with van der Waals surface area (Å²) in [6, 6.07) is 7.97. The molecule has 8 heteroatoms. The van der Waals surface area contributed by atoms with Gasteiger partial charge < -0.3 is 24.7 Å². The number of aliphatic imine (C=N–C) groups is 1. The van der Waals surface area contributed by atoms with E-state index in [-0.39, 0.29) is 24.0 Å². The van der Waals surface area contributed by atoms with Gasteiger partial charge in [0.2, 0.25) is 0 Å². The Morgan fingerprint density at radius 3 is 2.74 bits per heavy atom. The van der Waals surface area contributed by atoms with Crippen LogP contribution in [-0.2, 0) is 13.0 Å². The molecule has 1 aromatic heterocycles. The summed E-state index contributed by atoms with van der Waals surface area (Å²) in [7, 11) is 0. The maximum absolute atomic E-state index is 6.29. The Kier molecular flexibility index (Phi) is 9.06. The summed E-state index contributed by atoms with van der Waals surface area (Å²) >= 11 is 6.29. The molecule has 1 aliphatic heterocycles. The minimum absolute atomic E-state index is 0. The first kappa shape index (κ1) is 21.7. The van der Waals surface area contributed by atoms with E-state index in [1.807, 2.05) is 24.3 Å². The van der Waals surface area contributed by atoms with E-state index in [9.17, 15) is 0 Å². The number of ether oxygens (including phenoxy) is 2. The minimum atomic E-state index is 0. The molecular formula is C19H26ClIN4O2. The van der Waals surface area contributed by atoms with Crippen molar-refractivity contribution in [2.75, 3.05) is 32.8 Å². The molecule has 0 aliphatic carbocycles. The zero-order chi connectivity index (χ0) is 18.2. The van der Waals surface area contributed by atoms with Gasteiger partial charge in [0.15, 0.2) is 17.5 Å². The van der Waals surface area contributed by atoms with Crippen LogP contribution < -0.4 is 20.1 Å². The van der Waals surface area contributed by atoms with Crippen LogP contribution in [0, 0.1) is 0 Å². The van der Waals surface area contributed by atoms with Crippen LogP contribution in [-0.4, -0.2) is 43.4 Å². The molecule has 0 bridgehead atoms. The lowest BCUT2D eigenvalue weighted by atomic mass is 10.1. The maximum Gasteiger partial charge on any atom is 0.191 e. The molecule has 1 aromatic carbocycles. The molecule has 0 fully saturated rings. The first-order valence-electron chi connectivity index (χ1n) is 8.97. The Balaban J connectivity index is 0.00000261. The van der Waals surface area contributed by atoms with Crippen LogP contribution in [0.1, 0.15) is 12.5 Å². The van der Waals surface area contributed by atoms with Gasteiger partial charge in [-0.05, 0) is 43.2 Å². The van der Waals surface area contributed by atoms with Crippen LogP contribution in [0.5, 0.6) is 11.5 Å². The number of nitrogens with one attached hydrogen (secondary N) is 2. The van der Waals surface area contributed by atoms with Crippen molar-refractivity contribution in [3.05, 3.63) is 47.2 Å². The Labute approximate surface area is 182 Å². The minimum Gasteiger partial charge on any atom is -0.486 e. The molecule has 0 saturated heterocycles. The Hall–Kier alpha value is -1.61. The van der Waals surface area contributed by atoms with E-state index in [0.717, 1.165) is 43.3 Å². The Bertz CT molecular complexity index is 738. The summed E-state index contributed by atoms with van der Waals surface area (Å²) in [4.78, 5) is 4.64. The van der Waals surface area contributed by atoms with Crippen molar-refractivity contribution in [2.24, 2.45) is 4.99 Å². The maximum atomic E-state index is 6.29. The summed E-state index contributed by atoms with van der Waals surface area (Å²) in [5.41, 5.74) is 1.09. The van der Waals surface area contributed by atoms with Crippen LogP contribution in [0.4, 0.5) is 0 Å². The van der Waals surface area contributed by atoms with Gasteiger partial charge in [-0.25, -0.2) is 0 Å². The lowest BCUT2D eigenvalue weighted by Crippen LogP contribution is -2.39. The summed E-state index contributed by atoms with van der Waals surface area (Å²) in [6.07, 6.45) is 4.89. The zero-order valence-corrected chi connectivity index (χ0v) is 18.5. The van der Waals surface area contributed by atoms with E-state index in [2.05, 4.69) is 39.5 Å². The third-order valence-electron chi connectivity index (χ3n) is 4.00. The van der Waals surface area contributed by atoms with Crippen molar-refractivity contribution in [2.45, 2.75) is 19.9 Å². The Morgan fingerprint density at radius 2 is 1.96 bits per heavy atom. The largest absolute Gasteiger partial charge is 0.486 e. The van der Waals surface area contributed by atoms with E-state index in [1.165, 1.54) is 0 Å². The van der Waals surface area contributed by atoms with Gasteiger partial charge in [0.05, 0.1) is 5.02 Å². The number of guanidine groups is 1. The molecule has 2 N–H and O–H groups in total. The molecule has 0 radical (unpaired) electrons. The quantitative estimate of drug-likeness (QED) is 0.345. The Morgan fingerprint density at radius 1 is 1.19 bits per heavy atom. The predicted octanol–water partition coefficient (Wildman–Crippen LogP) is 3.33. The smallest absolute Gasteiger partial charge is 0.191 e. The highest BCUT2D eigenvalue weighted by Crippen LogP contribution is 2.38. The van der Waals surface area contributed by atoms with Crippen LogP contribution in [0.2, 0.25) is 5.02 Å². The van der Waals surface area contributed by atoms with Gasteiger partial charge in [-0.15, -0.1) is 24.0 Å². The number of benzene rings is 1. The standard InChI is InChI=1S/C19H25ClN4O2.HI/c1-2-21-19(23-7-10-24-8-3-4-9-24)22-6-5-15-13-16(20)18-17(14-15)25-11-12-26-18;/h3-4,8-9,13-14H,2,5-7,10-12H2,1H3,(H2,21,22,23);1H. The van der Waals surface area contributed by atoms with Gasteiger partial charge in [-0.1, -0.05) is 11.6 Å². The second-order valence-corrected chi connectivity index (χ2v) is 6.37. The van der Waals surface area contributed by atoms with Crippen LogP contribution >= 0.6 is 35.6 Å². The number of rotatable bonds is 7. The van der Waals surface area contributed by atoms with Crippen molar-refractivity contribution in [3.8, 4) is 11.5 Å². The molecule has 27 heavy (non-hydrogen) atoms. The van der Waals surface area contributed by atoms with Gasteiger partial charge in [0.1, 0.15) is 13.2 Å². The van der Waals surface area contributed by atoms with Crippen molar-refractivity contribution < 1.29 is 9.47 Å². The molecule has 1 aliphatic rings. The molecular weight excluding hydrogens is 479 g/mol. The number of aromatic nitrogens is 1. The highest BCUT2D eigenvalue weighted by atomic mass is 127. The van der Waals surface area contributed by atoms with E-state index in [1.54, 1.807) is 0 Å². The SMILES string of the molecule is CCNC(=NCCc1cc(Cl)c2c(c1)OCCO2)NCCn1cccc1.I. The predicted molar refractivity (Wildman–Crippen MR) is 120 cm³/mol. The third kappa shape index (κ3) is 6.49. The van der Waals surface area contributed by atoms with Crippen LogP contribution in [0.15, 0.2) is 41.7 Å². The molecule has 148 valence electrons. The fourth-order valence-corrected chi connectivity index (χ4v) is 3.06. The zero-order valence-electron chi connectivity index (χ0n) is 15.4. The molecule has 2 aromatic rings. The van der Waals surface area contributed by atoms with Gasteiger partial charge >= 0.3 is 0 Å². The fourth-order valence-electron chi connectivity index (χ4n) is 2.77. The van der Waals surface area contributed by atoms with Crippen LogP contribution in [0.25, 0.3) is 0 Å². The van der Waals surface area contributed by atoms with Crippen molar-refractivity contribution in [3.63, 3.8) is 0 Å². The fraction of sp³-hybridized carbons (Fsp3) is 0.421. The van der Waals surface area contributed by atoms with E-state index >= 15 is 0 Å². The van der Waals surface area contributed by atoms with Gasteiger partial charge in [-0.3, -0.25) is 4.99 Å². The van der Waals surface area contributed by atoms with Crippen molar-refractivity contribution in [1.82, 2.24) is 15.2 Å². The number of fused-ring (bicyclic) bond motifs is 1. The first-order valence-corrected chi connectivity index (χ1v) is 9.35. The number of hydrogen-bond acceptors (Lipinski definition) is 3. The molecule has 0 atom stereocenters. The second-order valence-electron chi connectivity index (χ2n) is 5.96. The lowest BCUT2D eigenvalue weighted by Gasteiger charge is -2.20. The lowest BCUT2D eigenvalue weighted by molar-refractivity contribution is 0.171. The molecule has 2 heterocycles. The molecule has 0 saturated carbocycles. The number of nitrogens with zero attached hydrogens (tertiary/aromatic N) is 2. The highest BCUT2D eigenvalue weighted by Gasteiger charge is 2.16.